The maximum atomic E-state index is 12.5. The van der Waals surface area contributed by atoms with Crippen LogP contribution in [0.3, 0.4) is 0 Å². The first-order valence-corrected chi connectivity index (χ1v) is 7.47. The van der Waals surface area contributed by atoms with E-state index in [9.17, 15) is 14.7 Å². The number of likely N-dealkylation sites (tertiary alicyclic amines) is 1. The maximum absolute atomic E-state index is 12.5. The first-order chi connectivity index (χ1) is 9.38. The molecule has 108 valence electrons. The number of carbonyl (C=O) groups excluding carboxylic acids is 1. The van der Waals surface area contributed by atoms with Crippen LogP contribution in [-0.2, 0) is 4.79 Å². The lowest BCUT2D eigenvalue weighted by Crippen LogP contribution is -2.36. The summed E-state index contributed by atoms with van der Waals surface area (Å²) < 4.78 is 0.861. The Labute approximate surface area is 126 Å². The van der Waals surface area contributed by atoms with Crippen molar-refractivity contribution in [3.63, 3.8) is 0 Å². The largest absolute Gasteiger partial charge is 0.481 e. The average Bonchev–Trinajstić information content (AvgIpc) is 2.82. The van der Waals surface area contributed by atoms with Crippen LogP contribution in [0, 0.1) is 12.3 Å². The molecule has 20 heavy (non-hydrogen) atoms. The van der Waals surface area contributed by atoms with E-state index in [1.807, 2.05) is 26.0 Å². The number of hydrogen-bond donors (Lipinski definition) is 1. The van der Waals surface area contributed by atoms with Gasteiger partial charge in [0.05, 0.1) is 5.41 Å². The summed E-state index contributed by atoms with van der Waals surface area (Å²) in [6.45, 7) is 4.60. The molecule has 1 aromatic carbocycles. The summed E-state index contributed by atoms with van der Waals surface area (Å²) in [5.74, 6) is -0.897. The Hall–Kier alpha value is -1.36. The number of halogens is 1. The summed E-state index contributed by atoms with van der Waals surface area (Å²) in [6.07, 6.45) is 1.07. The molecule has 2 rings (SSSR count). The molecule has 1 atom stereocenters. The molecule has 1 saturated heterocycles. The SMILES string of the molecule is CCC1(C(=O)O)CCN(C(=O)c2cc(C)cc(Br)c2)C1. The summed E-state index contributed by atoms with van der Waals surface area (Å²) >= 11 is 3.38. The summed E-state index contributed by atoms with van der Waals surface area (Å²) in [5.41, 5.74) is 0.826. The van der Waals surface area contributed by atoms with Crippen LogP contribution >= 0.6 is 15.9 Å². The number of carbonyl (C=O) groups is 2. The molecule has 0 bridgehead atoms. The molecule has 1 amide bonds. The first kappa shape index (κ1) is 15.0. The van der Waals surface area contributed by atoms with Gasteiger partial charge in [-0.15, -0.1) is 0 Å². The Morgan fingerprint density at radius 1 is 1.40 bits per heavy atom. The van der Waals surface area contributed by atoms with Crippen molar-refractivity contribution in [1.29, 1.82) is 0 Å². The number of rotatable bonds is 3. The van der Waals surface area contributed by atoms with Gasteiger partial charge in [0.2, 0.25) is 0 Å². The lowest BCUT2D eigenvalue weighted by Gasteiger charge is -2.23. The number of hydrogen-bond acceptors (Lipinski definition) is 2. The van der Waals surface area contributed by atoms with Gasteiger partial charge < -0.3 is 10.0 Å². The van der Waals surface area contributed by atoms with Gasteiger partial charge in [0.1, 0.15) is 0 Å². The Morgan fingerprint density at radius 2 is 2.10 bits per heavy atom. The molecule has 1 unspecified atom stereocenters. The molecule has 1 aliphatic rings. The zero-order chi connectivity index (χ0) is 14.9. The van der Waals surface area contributed by atoms with Crippen molar-refractivity contribution >= 4 is 27.8 Å². The minimum absolute atomic E-state index is 0.0917. The molecule has 1 N–H and O–H groups in total. The molecule has 1 fully saturated rings. The Bertz CT molecular complexity index is 538. The van der Waals surface area contributed by atoms with Crippen LogP contribution in [0.5, 0.6) is 0 Å². The molecule has 1 aliphatic heterocycles. The number of nitrogens with zero attached hydrogens (tertiary/aromatic N) is 1. The third-order valence-electron chi connectivity index (χ3n) is 4.06. The maximum Gasteiger partial charge on any atom is 0.311 e. The van der Waals surface area contributed by atoms with Gasteiger partial charge in [0.25, 0.3) is 5.91 Å². The molecule has 0 aliphatic carbocycles. The monoisotopic (exact) mass is 339 g/mol. The second kappa shape index (κ2) is 5.56. The Balaban J connectivity index is 2.21. The fourth-order valence-electron chi connectivity index (χ4n) is 2.70. The van der Waals surface area contributed by atoms with Crippen LogP contribution in [0.15, 0.2) is 22.7 Å². The van der Waals surface area contributed by atoms with Crippen molar-refractivity contribution in [3.05, 3.63) is 33.8 Å². The average molecular weight is 340 g/mol. The quantitative estimate of drug-likeness (QED) is 0.920. The molecular weight excluding hydrogens is 322 g/mol. The highest BCUT2D eigenvalue weighted by Gasteiger charge is 2.44. The highest BCUT2D eigenvalue weighted by atomic mass is 79.9. The van der Waals surface area contributed by atoms with Gasteiger partial charge in [-0.2, -0.15) is 0 Å². The molecular formula is C15H18BrNO3. The van der Waals surface area contributed by atoms with E-state index >= 15 is 0 Å². The summed E-state index contributed by atoms with van der Waals surface area (Å²) in [4.78, 5) is 25.6. The standard InChI is InChI=1S/C15H18BrNO3/c1-3-15(14(19)20)4-5-17(9-15)13(18)11-6-10(2)7-12(16)8-11/h6-8H,3-5,9H2,1-2H3,(H,19,20). The van der Waals surface area contributed by atoms with E-state index in [0.717, 1.165) is 10.0 Å². The van der Waals surface area contributed by atoms with Gasteiger partial charge in [-0.25, -0.2) is 0 Å². The van der Waals surface area contributed by atoms with Crippen LogP contribution in [0.25, 0.3) is 0 Å². The molecule has 1 aromatic rings. The van der Waals surface area contributed by atoms with Crippen LogP contribution in [0.2, 0.25) is 0 Å². The number of aryl methyl sites for hydroxylation is 1. The van der Waals surface area contributed by atoms with Gasteiger partial charge in [-0.1, -0.05) is 22.9 Å². The lowest BCUT2D eigenvalue weighted by atomic mass is 9.84. The number of carboxylic acid groups (broad SMARTS) is 1. The van der Waals surface area contributed by atoms with Crippen molar-refractivity contribution in [3.8, 4) is 0 Å². The Morgan fingerprint density at radius 3 is 2.60 bits per heavy atom. The number of carboxylic acids is 1. The molecule has 5 heteroatoms. The van der Waals surface area contributed by atoms with Crippen molar-refractivity contribution in [1.82, 2.24) is 4.90 Å². The number of aliphatic carboxylic acids is 1. The van der Waals surface area contributed by atoms with E-state index < -0.39 is 11.4 Å². The van der Waals surface area contributed by atoms with E-state index in [2.05, 4.69) is 15.9 Å². The van der Waals surface area contributed by atoms with E-state index in [1.54, 1.807) is 11.0 Å². The predicted molar refractivity (Wildman–Crippen MR) is 79.8 cm³/mol. The highest BCUT2D eigenvalue weighted by molar-refractivity contribution is 9.10. The van der Waals surface area contributed by atoms with E-state index in [1.165, 1.54) is 0 Å². The minimum Gasteiger partial charge on any atom is -0.481 e. The fraction of sp³-hybridized carbons (Fsp3) is 0.467. The number of benzene rings is 1. The van der Waals surface area contributed by atoms with Crippen molar-refractivity contribution < 1.29 is 14.7 Å². The van der Waals surface area contributed by atoms with Gasteiger partial charge >= 0.3 is 5.97 Å². The van der Waals surface area contributed by atoms with E-state index in [-0.39, 0.29) is 5.91 Å². The zero-order valence-electron chi connectivity index (χ0n) is 11.6. The van der Waals surface area contributed by atoms with Gasteiger partial charge in [-0.3, -0.25) is 9.59 Å². The molecule has 0 spiro atoms. The molecule has 0 radical (unpaired) electrons. The van der Waals surface area contributed by atoms with Crippen LogP contribution < -0.4 is 0 Å². The normalized spacial score (nSPS) is 22.1. The highest BCUT2D eigenvalue weighted by Crippen LogP contribution is 2.35. The summed E-state index contributed by atoms with van der Waals surface area (Å²) in [7, 11) is 0. The molecule has 0 aromatic heterocycles. The van der Waals surface area contributed by atoms with Crippen LogP contribution in [-0.4, -0.2) is 35.0 Å². The van der Waals surface area contributed by atoms with Crippen molar-refractivity contribution in [2.24, 2.45) is 5.41 Å². The molecule has 0 saturated carbocycles. The lowest BCUT2D eigenvalue weighted by molar-refractivity contribution is -0.148. The second-order valence-corrected chi connectivity index (χ2v) is 6.35. The summed E-state index contributed by atoms with van der Waals surface area (Å²) in [6, 6.07) is 5.55. The van der Waals surface area contributed by atoms with Crippen LogP contribution in [0.4, 0.5) is 0 Å². The van der Waals surface area contributed by atoms with E-state index in [4.69, 9.17) is 0 Å². The van der Waals surface area contributed by atoms with Gasteiger partial charge in [-0.05, 0) is 43.5 Å². The molecule has 1 heterocycles. The fourth-order valence-corrected chi connectivity index (χ4v) is 3.31. The minimum atomic E-state index is -0.805. The van der Waals surface area contributed by atoms with E-state index in [0.29, 0.717) is 31.5 Å². The summed E-state index contributed by atoms with van der Waals surface area (Å²) in [5, 5.41) is 9.38. The van der Waals surface area contributed by atoms with Crippen molar-refractivity contribution in [2.45, 2.75) is 26.7 Å². The second-order valence-electron chi connectivity index (χ2n) is 5.43. The predicted octanol–water partition coefficient (Wildman–Crippen LogP) is 3.08. The third kappa shape index (κ3) is 2.73. The van der Waals surface area contributed by atoms with Crippen molar-refractivity contribution in [2.75, 3.05) is 13.1 Å². The smallest absolute Gasteiger partial charge is 0.311 e. The van der Waals surface area contributed by atoms with Crippen LogP contribution in [0.1, 0.15) is 35.7 Å². The number of amides is 1. The topological polar surface area (TPSA) is 57.6 Å². The zero-order valence-corrected chi connectivity index (χ0v) is 13.2. The van der Waals surface area contributed by atoms with Gasteiger partial charge in [0.15, 0.2) is 0 Å². The Kier molecular flexibility index (Phi) is 4.18. The van der Waals surface area contributed by atoms with Gasteiger partial charge in [0, 0.05) is 23.1 Å². The first-order valence-electron chi connectivity index (χ1n) is 6.68. The third-order valence-corrected chi connectivity index (χ3v) is 4.52. The molecule has 4 nitrogen and oxygen atoms in total.